The van der Waals surface area contributed by atoms with Crippen molar-refractivity contribution in [3.63, 3.8) is 0 Å². The topological polar surface area (TPSA) is 110 Å². The minimum atomic E-state index is -0.521. The number of benzene rings is 2. The molecule has 5 rings (SSSR count). The third-order valence-electron chi connectivity index (χ3n) is 9.46. The summed E-state index contributed by atoms with van der Waals surface area (Å²) >= 11 is 0. The summed E-state index contributed by atoms with van der Waals surface area (Å²) in [4.78, 5) is 41.4. The Hall–Kier alpha value is -4.71. The number of urea groups is 1. The third kappa shape index (κ3) is 10.2. The molecule has 0 aromatic heterocycles. The summed E-state index contributed by atoms with van der Waals surface area (Å²) in [5.41, 5.74) is 4.08. The number of morpholine rings is 1. The second-order valence-electron chi connectivity index (χ2n) is 13.1. The van der Waals surface area contributed by atoms with E-state index >= 15 is 0 Å². The number of rotatable bonds is 14. The van der Waals surface area contributed by atoms with Gasteiger partial charge in [0.05, 0.1) is 31.5 Å². The fourth-order valence-electron chi connectivity index (χ4n) is 6.75. The smallest absolute Gasteiger partial charge is 0.337 e. The Labute approximate surface area is 300 Å². The zero-order valence-corrected chi connectivity index (χ0v) is 29.5. The van der Waals surface area contributed by atoms with Gasteiger partial charge in [0.1, 0.15) is 17.4 Å². The summed E-state index contributed by atoms with van der Waals surface area (Å²) in [6.45, 7) is 13.3. The lowest BCUT2D eigenvalue weighted by molar-refractivity contribution is -0.129. The van der Waals surface area contributed by atoms with E-state index in [1.165, 1.54) is 15.9 Å². The van der Waals surface area contributed by atoms with Crippen LogP contribution < -0.4 is 10.2 Å². The molecular weight excluding hydrogens is 647 g/mol. The molecule has 0 unspecified atom stereocenters. The molecule has 11 heteroatoms. The largest absolute Gasteiger partial charge is 0.508 e. The number of halogens is 1. The minimum absolute atomic E-state index is 0.00979. The highest BCUT2D eigenvalue weighted by atomic mass is 19.1. The van der Waals surface area contributed by atoms with E-state index < -0.39 is 11.9 Å². The van der Waals surface area contributed by atoms with E-state index in [0.717, 1.165) is 67.5 Å². The molecule has 1 aliphatic carbocycles. The average molecular weight is 697 g/mol. The van der Waals surface area contributed by atoms with Gasteiger partial charge in [-0.3, -0.25) is 19.6 Å². The molecule has 2 heterocycles. The normalized spacial score (nSPS) is 21.9. The first kappa shape index (κ1) is 37.5. The van der Waals surface area contributed by atoms with Crippen LogP contribution >= 0.6 is 0 Å². The van der Waals surface area contributed by atoms with Crippen molar-refractivity contribution in [3.8, 4) is 16.9 Å². The van der Waals surface area contributed by atoms with Gasteiger partial charge < -0.3 is 15.2 Å². The number of nitrogens with one attached hydrogen (secondary N) is 1. The zero-order valence-electron chi connectivity index (χ0n) is 29.5. The summed E-state index contributed by atoms with van der Waals surface area (Å²) in [5, 5.41) is 14.0. The highest BCUT2D eigenvalue weighted by Gasteiger charge is 2.42. The number of hydrogen-bond acceptors (Lipinski definition) is 8. The second kappa shape index (κ2) is 18.5. The average Bonchev–Trinajstić information content (AvgIpc) is 3.13. The van der Waals surface area contributed by atoms with Gasteiger partial charge in [-0.25, -0.2) is 19.1 Å². The summed E-state index contributed by atoms with van der Waals surface area (Å²) in [7, 11) is 0. The van der Waals surface area contributed by atoms with Crippen molar-refractivity contribution in [2.75, 3.05) is 37.7 Å². The van der Waals surface area contributed by atoms with Gasteiger partial charge in [-0.15, -0.1) is 6.58 Å². The van der Waals surface area contributed by atoms with Crippen LogP contribution in [0.2, 0.25) is 0 Å². The van der Waals surface area contributed by atoms with Crippen molar-refractivity contribution >= 4 is 30.2 Å². The number of carbonyl (C=O) groups excluding carboxylic acids is 2. The molecular formula is C40H49FN6O4. The maximum absolute atomic E-state index is 14.5. The molecule has 2 saturated heterocycles. The van der Waals surface area contributed by atoms with Crippen molar-refractivity contribution < 1.29 is 23.8 Å². The fourth-order valence-corrected chi connectivity index (χ4v) is 6.75. The SMILES string of the molecule is C=CC/C(F)=C\N=C1CC(=O)N(C2CCC(NCC/C=C\C=C(\C)N=C)CC2)C(=O)N1c1cccc(-c2ccc(O)cc2CN2CCOCC2)c1. The predicted molar refractivity (Wildman–Crippen MR) is 202 cm³/mol. The van der Waals surface area contributed by atoms with Gasteiger partial charge in [0.15, 0.2) is 0 Å². The van der Waals surface area contributed by atoms with Crippen molar-refractivity contribution in [2.24, 2.45) is 9.98 Å². The molecule has 3 amide bonds. The zero-order chi connectivity index (χ0) is 36.2. The Kier molecular flexibility index (Phi) is 13.6. The monoisotopic (exact) mass is 696 g/mol. The lowest BCUT2D eigenvalue weighted by Crippen LogP contribution is -2.59. The van der Waals surface area contributed by atoms with E-state index in [4.69, 9.17) is 4.74 Å². The Morgan fingerprint density at radius 2 is 1.90 bits per heavy atom. The van der Waals surface area contributed by atoms with E-state index in [-0.39, 0.29) is 36.4 Å². The Balaban J connectivity index is 1.36. The number of allylic oxidation sites excluding steroid dienone is 5. The molecule has 270 valence electrons. The fraction of sp³-hybridized carbons (Fsp3) is 0.400. The van der Waals surface area contributed by atoms with Crippen LogP contribution in [-0.4, -0.2) is 84.3 Å². The highest BCUT2D eigenvalue weighted by molar-refractivity contribution is 6.28. The first-order valence-corrected chi connectivity index (χ1v) is 17.7. The quantitative estimate of drug-likeness (QED) is 0.0930. The molecule has 0 atom stereocenters. The number of ether oxygens (including phenoxy) is 1. The number of imide groups is 1. The molecule has 2 aromatic carbocycles. The molecule has 0 spiro atoms. The molecule has 3 fully saturated rings. The van der Waals surface area contributed by atoms with E-state index in [0.29, 0.717) is 44.3 Å². The molecule has 2 aliphatic heterocycles. The van der Waals surface area contributed by atoms with Crippen LogP contribution in [0.1, 0.15) is 57.4 Å². The van der Waals surface area contributed by atoms with Crippen molar-refractivity contribution in [2.45, 2.75) is 70.5 Å². The van der Waals surface area contributed by atoms with Crippen LogP contribution in [-0.2, 0) is 16.1 Å². The van der Waals surface area contributed by atoms with Gasteiger partial charge in [0, 0.05) is 43.8 Å². The number of amides is 3. The van der Waals surface area contributed by atoms with Gasteiger partial charge in [0.2, 0.25) is 5.91 Å². The van der Waals surface area contributed by atoms with Crippen LogP contribution in [0.4, 0.5) is 14.9 Å². The predicted octanol–water partition coefficient (Wildman–Crippen LogP) is 7.29. The molecule has 0 bridgehead atoms. The van der Waals surface area contributed by atoms with E-state index in [9.17, 15) is 19.1 Å². The van der Waals surface area contributed by atoms with Gasteiger partial charge in [-0.1, -0.05) is 36.4 Å². The number of phenolic OH excluding ortho intramolecular Hbond substituents is 1. The van der Waals surface area contributed by atoms with Crippen molar-refractivity contribution in [1.82, 2.24) is 15.1 Å². The summed E-state index contributed by atoms with van der Waals surface area (Å²) < 4.78 is 20.0. The van der Waals surface area contributed by atoms with Gasteiger partial charge in [-0.05, 0) is 99.3 Å². The van der Waals surface area contributed by atoms with Crippen molar-refractivity contribution in [1.29, 1.82) is 0 Å². The lowest BCUT2D eigenvalue weighted by Gasteiger charge is -2.41. The highest BCUT2D eigenvalue weighted by Crippen LogP contribution is 2.34. The second-order valence-corrected chi connectivity index (χ2v) is 13.1. The van der Waals surface area contributed by atoms with Crippen molar-refractivity contribution in [3.05, 3.63) is 96.6 Å². The Morgan fingerprint density at radius 1 is 1.12 bits per heavy atom. The molecule has 2 N–H and O–H groups in total. The first-order chi connectivity index (χ1) is 24.8. The number of aliphatic imine (C=N–C) groups is 2. The maximum atomic E-state index is 14.5. The number of phenols is 1. The van der Waals surface area contributed by atoms with Gasteiger partial charge >= 0.3 is 6.03 Å². The van der Waals surface area contributed by atoms with Gasteiger partial charge in [-0.2, -0.15) is 0 Å². The Morgan fingerprint density at radius 3 is 2.65 bits per heavy atom. The Bertz CT molecular complexity index is 1690. The van der Waals surface area contributed by atoms with Crippen LogP contribution in [0.15, 0.2) is 101 Å². The molecule has 0 radical (unpaired) electrons. The standard InChI is InChI=1S/C40H49FN6O4/c1-4-9-32(41)27-44-38-26-39(49)47(34-15-13-33(14-16-34)43-19-7-5-6-10-29(2)42-3)40(50)46(38)35-12-8-11-30(24-35)37-18-17-36(48)25-31(37)28-45-20-22-51-23-21-45/h4-6,8,10-12,17-18,24-25,27,33-34,43,48H,1,3,7,9,13-16,19-23,26,28H2,2H3/b6-5-,29-10-,32-27+,44-38?. The number of carbonyl (C=O) groups is 2. The molecule has 2 aromatic rings. The minimum Gasteiger partial charge on any atom is -0.508 e. The molecule has 1 saturated carbocycles. The van der Waals surface area contributed by atoms with Crippen LogP contribution in [0.25, 0.3) is 11.1 Å². The maximum Gasteiger partial charge on any atom is 0.337 e. The molecule has 51 heavy (non-hydrogen) atoms. The molecule has 3 aliphatic rings. The van der Waals surface area contributed by atoms with E-state index in [1.807, 2.05) is 43.3 Å². The van der Waals surface area contributed by atoms with E-state index in [2.05, 4.69) is 39.6 Å². The van der Waals surface area contributed by atoms with Gasteiger partial charge in [0.25, 0.3) is 0 Å². The number of aromatic hydroxyl groups is 1. The number of amidine groups is 1. The van der Waals surface area contributed by atoms with Crippen LogP contribution in [0.5, 0.6) is 5.75 Å². The first-order valence-electron chi connectivity index (χ1n) is 17.7. The number of hydrogen-bond donors (Lipinski definition) is 2. The summed E-state index contributed by atoms with van der Waals surface area (Å²) in [6, 6.07) is 12.4. The van der Waals surface area contributed by atoms with E-state index in [1.54, 1.807) is 18.2 Å². The lowest BCUT2D eigenvalue weighted by atomic mass is 9.89. The summed E-state index contributed by atoms with van der Waals surface area (Å²) in [5.74, 6) is -0.525. The van der Waals surface area contributed by atoms with Crippen LogP contribution in [0, 0.1) is 0 Å². The van der Waals surface area contributed by atoms with Crippen LogP contribution in [0.3, 0.4) is 0 Å². The number of nitrogens with zero attached hydrogens (tertiary/aromatic N) is 5. The third-order valence-corrected chi connectivity index (χ3v) is 9.46. The molecule has 10 nitrogen and oxygen atoms in total. The number of anilines is 1. The summed E-state index contributed by atoms with van der Waals surface area (Å²) in [6.07, 6.45) is 12.2.